The minimum absolute atomic E-state index is 1.66. The summed E-state index contributed by atoms with van der Waals surface area (Å²) in [6.07, 6.45) is 0. The highest BCUT2D eigenvalue weighted by Gasteiger charge is 2.44. The van der Waals surface area contributed by atoms with Gasteiger partial charge in [-0.25, -0.2) is 4.79 Å². The van der Waals surface area contributed by atoms with Crippen molar-refractivity contribution in [3.8, 4) is 0 Å². The second-order valence-electron chi connectivity index (χ2n) is 1.88. The molecule has 0 unspecified atom stereocenters. The van der Waals surface area contributed by atoms with Gasteiger partial charge in [0.1, 0.15) is 0 Å². The molecule has 13 heavy (non-hydrogen) atoms. The van der Waals surface area contributed by atoms with E-state index < -0.39 is 41.4 Å². The van der Waals surface area contributed by atoms with Crippen LogP contribution in [0.4, 0.5) is 4.39 Å². The summed E-state index contributed by atoms with van der Waals surface area (Å²) in [4.78, 5) is 11.4. The number of ether oxygens (including phenoxy) is 1. The molecule has 0 atom stereocenters. The minimum Gasteiger partial charge on any atom is -0.450 e. The van der Waals surface area contributed by atoms with Gasteiger partial charge in [0.25, 0.3) is 0 Å². The van der Waals surface area contributed by atoms with Crippen LogP contribution in [-0.4, -0.2) is 15.4 Å². The van der Waals surface area contributed by atoms with E-state index in [4.69, 9.17) is 45.8 Å². The van der Waals surface area contributed by atoms with Crippen molar-refractivity contribution in [2.45, 2.75) is 23.1 Å². The van der Waals surface area contributed by atoms with Crippen LogP contribution in [0.2, 0.25) is 0 Å². The fraction of sp³-hybridized carbons (Fsp3) is 0.571. The van der Waals surface area contributed by atoms with E-state index in [0.29, 0.717) is 0 Å². The molecule has 0 heterocycles. The van der Waals surface area contributed by atoms with Gasteiger partial charge in [0, 0.05) is 8.22 Å². The third-order valence-electron chi connectivity index (χ3n) is 0.824. The average molecular weight is 258 g/mol. The van der Waals surface area contributed by atoms with Crippen LogP contribution in [0.15, 0.2) is 12.4 Å². The van der Waals surface area contributed by atoms with Crippen molar-refractivity contribution in [3.63, 3.8) is 0 Å². The molecule has 0 N–H and O–H groups in total. The summed E-state index contributed by atoms with van der Waals surface area (Å²) < 4.78 is 70.5. The van der Waals surface area contributed by atoms with E-state index in [2.05, 4.69) is 4.74 Å². The number of esters is 1. The molecular formula is C7H8Cl3FO2. The van der Waals surface area contributed by atoms with Crippen molar-refractivity contribution in [1.29, 1.82) is 0 Å². The predicted octanol–water partition coefficient (Wildman–Crippen LogP) is 3.16. The van der Waals surface area contributed by atoms with Crippen LogP contribution in [0.25, 0.3) is 0 Å². The molecule has 0 rings (SSSR count). The summed E-state index contributed by atoms with van der Waals surface area (Å²) >= 11 is 16.1. The Morgan fingerprint density at radius 2 is 2.15 bits per heavy atom. The summed E-state index contributed by atoms with van der Waals surface area (Å²) in [6, 6.07) is 0. The number of hydrogen-bond donors (Lipinski definition) is 0. The number of rotatable bonds is 2. The zero-order valence-electron chi connectivity index (χ0n) is 13.8. The molecule has 0 amide bonds. The first kappa shape index (κ1) is 4.69. The van der Waals surface area contributed by atoms with Crippen LogP contribution >= 0.6 is 34.8 Å². The lowest BCUT2D eigenvalue weighted by atomic mass is 10.2. The van der Waals surface area contributed by atoms with Gasteiger partial charge in [0.2, 0.25) is 9.62 Å². The first-order chi connectivity index (χ1) is 8.99. The highest BCUT2D eigenvalue weighted by molar-refractivity contribution is 6.68. The normalized spacial score (nSPS) is 23.1. The monoisotopic (exact) mass is 256 g/mol. The summed E-state index contributed by atoms with van der Waals surface area (Å²) in [5.41, 5.74) is -3.69. The van der Waals surface area contributed by atoms with Gasteiger partial charge in [-0.05, 0) is 13.7 Å². The van der Waals surface area contributed by atoms with Crippen LogP contribution in [0.5, 0.6) is 0 Å². The van der Waals surface area contributed by atoms with Gasteiger partial charge in [-0.3, -0.25) is 0 Å². The van der Waals surface area contributed by atoms with Crippen LogP contribution in [0, 0.1) is 0 Å². The zero-order valence-corrected chi connectivity index (χ0v) is 8.10. The lowest BCUT2D eigenvalue weighted by Crippen LogP contribution is -2.41. The molecule has 0 bridgehead atoms. The molecule has 0 aromatic heterocycles. The highest BCUT2D eigenvalue weighted by Crippen LogP contribution is 2.40. The smallest absolute Gasteiger partial charge is 0.367 e. The standard InChI is InChI=1S/C7H8Cl3FO2/c1-4(11)5(12)13-6(2,3)7(8,9)10/h1H2,2-3H3/i1D2,2D3,3D3. The third-order valence-corrected chi connectivity index (χ3v) is 1.62. The summed E-state index contributed by atoms with van der Waals surface area (Å²) in [5.74, 6) is -4.35. The van der Waals surface area contributed by atoms with Crippen molar-refractivity contribution in [2.75, 3.05) is 0 Å². The number of hydrogen-bond acceptors (Lipinski definition) is 2. The number of alkyl halides is 3. The molecule has 0 aromatic carbocycles. The van der Waals surface area contributed by atoms with E-state index in [1.54, 1.807) is 0 Å². The Kier molecular flexibility index (Phi) is 1.45. The molecule has 0 saturated heterocycles. The Labute approximate surface area is 102 Å². The van der Waals surface area contributed by atoms with Gasteiger partial charge in [0.15, 0.2) is 5.60 Å². The summed E-state index contributed by atoms with van der Waals surface area (Å²) in [7, 11) is 0. The largest absolute Gasteiger partial charge is 0.450 e. The lowest BCUT2D eigenvalue weighted by Gasteiger charge is -2.31. The molecule has 0 aliphatic heterocycles. The van der Waals surface area contributed by atoms with E-state index >= 15 is 0 Å². The molecule has 0 radical (unpaired) electrons. The van der Waals surface area contributed by atoms with E-state index in [0.717, 1.165) is 0 Å². The van der Waals surface area contributed by atoms with Crippen molar-refractivity contribution in [1.82, 2.24) is 0 Å². The number of carbonyl (C=O) groups excluding carboxylic acids is 1. The molecular weight excluding hydrogens is 241 g/mol. The molecule has 2 nitrogen and oxygen atoms in total. The molecule has 0 saturated carbocycles. The van der Waals surface area contributed by atoms with Gasteiger partial charge in [0.05, 0.1) is 2.74 Å². The molecule has 0 aliphatic carbocycles. The Balaban J connectivity index is 6.22. The van der Waals surface area contributed by atoms with E-state index in [1.165, 1.54) is 0 Å². The molecule has 76 valence electrons. The van der Waals surface area contributed by atoms with Crippen molar-refractivity contribution in [3.05, 3.63) is 12.4 Å². The van der Waals surface area contributed by atoms with Crippen LogP contribution in [0.3, 0.4) is 0 Å². The predicted molar refractivity (Wildman–Crippen MR) is 50.7 cm³/mol. The Morgan fingerprint density at radius 3 is 2.46 bits per heavy atom. The van der Waals surface area contributed by atoms with Gasteiger partial charge in [-0.15, -0.1) is 0 Å². The number of carbonyl (C=O) groups is 1. The van der Waals surface area contributed by atoms with E-state index in [9.17, 15) is 9.18 Å². The van der Waals surface area contributed by atoms with Gasteiger partial charge >= 0.3 is 5.97 Å². The molecule has 6 heteroatoms. The van der Waals surface area contributed by atoms with Crippen molar-refractivity contribution >= 4 is 40.8 Å². The maximum atomic E-state index is 13.1. The Bertz CT molecular complexity index is 412. The molecule has 0 aromatic rings. The SMILES string of the molecule is [2H]C([2H])=C(F)C(=O)OC(C([2H])([2H])[2H])(C([2H])([2H])[2H])C(Cl)(Cl)Cl. The van der Waals surface area contributed by atoms with Gasteiger partial charge < -0.3 is 4.74 Å². The average Bonchev–Trinajstić information content (AvgIpc) is 2.18. The second-order valence-corrected chi connectivity index (χ2v) is 4.16. The maximum absolute atomic E-state index is 13.1. The molecule has 0 aliphatic rings. The van der Waals surface area contributed by atoms with Crippen LogP contribution in [0.1, 0.15) is 24.7 Å². The van der Waals surface area contributed by atoms with E-state index in [1.807, 2.05) is 0 Å². The summed E-state index contributed by atoms with van der Waals surface area (Å²) in [6.45, 7) is -9.01. The first-order valence-corrected chi connectivity index (χ1v) is 3.75. The molecule has 0 spiro atoms. The van der Waals surface area contributed by atoms with Gasteiger partial charge in [-0.1, -0.05) is 41.3 Å². The third kappa shape index (κ3) is 3.71. The van der Waals surface area contributed by atoms with Crippen LogP contribution < -0.4 is 0 Å². The first-order valence-electron chi connectivity index (χ1n) is 6.62. The van der Waals surface area contributed by atoms with Gasteiger partial charge in [-0.2, -0.15) is 4.39 Å². The highest BCUT2D eigenvalue weighted by atomic mass is 35.6. The second kappa shape index (κ2) is 4.03. The maximum Gasteiger partial charge on any atom is 0.367 e. The quantitative estimate of drug-likeness (QED) is 0.431. The van der Waals surface area contributed by atoms with Crippen LogP contribution in [-0.2, 0) is 9.53 Å². The van der Waals surface area contributed by atoms with E-state index in [-0.39, 0.29) is 0 Å². The Hall–Kier alpha value is 0.01000. The molecule has 0 fully saturated rings. The van der Waals surface area contributed by atoms with Crippen molar-refractivity contribution < 1.29 is 24.9 Å². The minimum atomic E-state index is -3.69. The lowest BCUT2D eigenvalue weighted by molar-refractivity contribution is -0.152. The fourth-order valence-corrected chi connectivity index (χ4v) is 0.357. The number of halogens is 4. The Morgan fingerprint density at radius 1 is 1.62 bits per heavy atom. The zero-order chi connectivity index (χ0) is 17.4. The fourth-order valence-electron chi connectivity index (χ4n) is 0.242. The van der Waals surface area contributed by atoms with Crippen molar-refractivity contribution in [2.24, 2.45) is 0 Å². The topological polar surface area (TPSA) is 26.3 Å². The summed E-state index contributed by atoms with van der Waals surface area (Å²) in [5, 5.41) is 0.